The average Bonchev–Trinajstić information content (AvgIpc) is 2.41. The van der Waals surface area contributed by atoms with Gasteiger partial charge in [-0.1, -0.05) is 44.2 Å². The van der Waals surface area contributed by atoms with Crippen LogP contribution in [0, 0.1) is 5.82 Å². The smallest absolute Gasteiger partial charge is 0.151 e. The molecule has 0 aliphatic heterocycles. The molecule has 1 heterocycles. The maximum absolute atomic E-state index is 13.5. The first-order valence-electron chi connectivity index (χ1n) is 5.40. The summed E-state index contributed by atoms with van der Waals surface area (Å²) < 4.78 is 14.2. The number of aliphatic imine (C=N–C) groups is 1. The lowest BCUT2D eigenvalue weighted by molar-refractivity contribution is 0.623. The van der Waals surface area contributed by atoms with Crippen LogP contribution >= 0.6 is 39.1 Å². The summed E-state index contributed by atoms with van der Waals surface area (Å²) >= 11 is 15.3. The van der Waals surface area contributed by atoms with Gasteiger partial charge in [0.1, 0.15) is 5.69 Å². The molecule has 9 heteroatoms. The van der Waals surface area contributed by atoms with Crippen molar-refractivity contribution in [1.82, 2.24) is 4.98 Å². The van der Waals surface area contributed by atoms with Crippen LogP contribution in [0.3, 0.4) is 0 Å². The normalized spacial score (nSPS) is 10.7. The molecular weight excluding hydrogens is 384 g/mol. The maximum Gasteiger partial charge on any atom is 0.151 e. The zero-order chi connectivity index (χ0) is 15.4. The number of nitrogens with zero attached hydrogens (tertiary/aromatic N) is 5. The van der Waals surface area contributed by atoms with E-state index in [0.29, 0.717) is 20.2 Å². The Kier molecular flexibility index (Phi) is 5.14. The number of halogens is 4. The second-order valence-corrected chi connectivity index (χ2v) is 5.45. The van der Waals surface area contributed by atoms with Gasteiger partial charge in [-0.25, -0.2) is 4.39 Å². The molecule has 2 rings (SSSR count). The Balaban J connectivity index is 2.48. The van der Waals surface area contributed by atoms with Gasteiger partial charge in [-0.15, -0.1) is 0 Å². The Morgan fingerprint density at radius 2 is 1.90 bits per heavy atom. The molecule has 0 amide bonds. The molecule has 0 bridgehead atoms. The number of benzene rings is 1. The zero-order valence-electron chi connectivity index (χ0n) is 10.1. The van der Waals surface area contributed by atoms with Gasteiger partial charge in [-0.2, -0.15) is 0 Å². The topological polar surface area (TPSA) is 74.0 Å². The van der Waals surface area contributed by atoms with E-state index in [1.807, 2.05) is 0 Å². The van der Waals surface area contributed by atoms with Gasteiger partial charge >= 0.3 is 0 Å². The van der Waals surface area contributed by atoms with Gasteiger partial charge in [-0.3, -0.25) is 9.98 Å². The predicted octanol–water partition coefficient (Wildman–Crippen LogP) is 5.98. The molecule has 0 atom stereocenters. The van der Waals surface area contributed by atoms with Gasteiger partial charge in [0.05, 0.1) is 21.9 Å². The first-order valence-corrected chi connectivity index (χ1v) is 6.95. The molecule has 106 valence electrons. The van der Waals surface area contributed by atoms with E-state index in [1.54, 1.807) is 12.1 Å². The van der Waals surface area contributed by atoms with Crippen LogP contribution in [0.25, 0.3) is 10.4 Å². The molecule has 0 radical (unpaired) electrons. The highest BCUT2D eigenvalue weighted by molar-refractivity contribution is 9.10. The standard InChI is InChI=1S/C12H5BrCl2FN5/c13-7-1-8(14)12(9(15)2-7)19-4-6-3-18-5-10(16)11(6)20-21-17/h1-5H. The number of azide groups is 1. The molecule has 0 fully saturated rings. The first kappa shape index (κ1) is 15.7. The summed E-state index contributed by atoms with van der Waals surface area (Å²) in [5.74, 6) is -0.746. The van der Waals surface area contributed by atoms with Crippen LogP contribution in [-0.2, 0) is 0 Å². The van der Waals surface area contributed by atoms with Crippen molar-refractivity contribution in [1.29, 1.82) is 0 Å². The summed E-state index contributed by atoms with van der Waals surface area (Å²) in [6.07, 6.45) is 3.54. The summed E-state index contributed by atoms with van der Waals surface area (Å²) in [6.45, 7) is 0. The summed E-state index contributed by atoms with van der Waals surface area (Å²) in [4.78, 5) is 10.3. The van der Waals surface area contributed by atoms with E-state index >= 15 is 0 Å². The third-order valence-corrected chi connectivity index (χ3v) is 3.39. The van der Waals surface area contributed by atoms with E-state index in [1.165, 1.54) is 12.4 Å². The number of hydrogen-bond acceptors (Lipinski definition) is 3. The van der Waals surface area contributed by atoms with Crippen LogP contribution in [0.5, 0.6) is 0 Å². The Morgan fingerprint density at radius 3 is 2.52 bits per heavy atom. The molecule has 2 aromatic rings. The lowest BCUT2D eigenvalue weighted by Gasteiger charge is -2.03. The molecule has 5 nitrogen and oxygen atoms in total. The van der Waals surface area contributed by atoms with E-state index < -0.39 is 5.82 Å². The van der Waals surface area contributed by atoms with Crippen LogP contribution in [0.4, 0.5) is 15.8 Å². The Morgan fingerprint density at radius 1 is 1.24 bits per heavy atom. The van der Waals surface area contributed by atoms with Crippen LogP contribution in [0.15, 0.2) is 39.1 Å². The van der Waals surface area contributed by atoms with Crippen molar-refractivity contribution in [3.8, 4) is 0 Å². The molecular formula is C12H5BrCl2FN5. The van der Waals surface area contributed by atoms with Gasteiger partial charge in [0.2, 0.25) is 0 Å². The van der Waals surface area contributed by atoms with Gasteiger partial charge in [0.25, 0.3) is 0 Å². The van der Waals surface area contributed by atoms with Gasteiger partial charge in [0, 0.05) is 27.4 Å². The molecule has 0 unspecified atom stereocenters. The average molecular weight is 389 g/mol. The minimum Gasteiger partial charge on any atom is -0.261 e. The predicted molar refractivity (Wildman–Crippen MR) is 84.4 cm³/mol. The van der Waals surface area contributed by atoms with Crippen LogP contribution in [0.2, 0.25) is 10.0 Å². The molecule has 21 heavy (non-hydrogen) atoms. The van der Waals surface area contributed by atoms with Crippen molar-refractivity contribution in [2.75, 3.05) is 0 Å². The Labute approximate surface area is 137 Å². The molecule has 0 aliphatic carbocycles. The van der Waals surface area contributed by atoms with Crippen molar-refractivity contribution in [2.24, 2.45) is 10.1 Å². The SMILES string of the molecule is [N-]=[N+]=Nc1c(F)cncc1C=Nc1c(Cl)cc(Br)cc1Cl. The molecule has 0 aliphatic rings. The number of hydrogen-bond donors (Lipinski definition) is 0. The van der Waals surface area contributed by atoms with Crippen LogP contribution < -0.4 is 0 Å². The number of pyridine rings is 1. The Hall–Kier alpha value is -1.66. The highest BCUT2D eigenvalue weighted by atomic mass is 79.9. The number of rotatable bonds is 3. The fraction of sp³-hybridized carbons (Fsp3) is 0. The maximum atomic E-state index is 13.5. The van der Waals surface area contributed by atoms with Gasteiger partial charge in [0.15, 0.2) is 5.82 Å². The summed E-state index contributed by atoms with van der Waals surface area (Å²) in [5.41, 5.74) is 8.79. The van der Waals surface area contributed by atoms with Crippen LogP contribution in [0.1, 0.15) is 5.56 Å². The van der Waals surface area contributed by atoms with E-state index in [4.69, 9.17) is 28.7 Å². The molecule has 1 aromatic heterocycles. The van der Waals surface area contributed by atoms with Crippen molar-refractivity contribution in [3.05, 3.63) is 60.9 Å². The summed E-state index contributed by atoms with van der Waals surface area (Å²) in [6, 6.07) is 3.25. The second-order valence-electron chi connectivity index (χ2n) is 3.72. The summed E-state index contributed by atoms with van der Waals surface area (Å²) in [5, 5.41) is 3.92. The van der Waals surface area contributed by atoms with Crippen molar-refractivity contribution >= 4 is 56.7 Å². The molecule has 1 aromatic carbocycles. The monoisotopic (exact) mass is 387 g/mol. The van der Waals surface area contributed by atoms with Crippen molar-refractivity contribution < 1.29 is 4.39 Å². The Bertz CT molecular complexity index is 751. The van der Waals surface area contributed by atoms with E-state index in [2.05, 4.69) is 35.9 Å². The number of aromatic nitrogens is 1. The van der Waals surface area contributed by atoms with E-state index in [-0.39, 0.29) is 11.3 Å². The van der Waals surface area contributed by atoms with Crippen LogP contribution in [-0.4, -0.2) is 11.2 Å². The lowest BCUT2D eigenvalue weighted by atomic mass is 10.2. The molecule has 0 spiro atoms. The van der Waals surface area contributed by atoms with Crippen molar-refractivity contribution in [3.63, 3.8) is 0 Å². The minimum atomic E-state index is -0.746. The highest BCUT2D eigenvalue weighted by Gasteiger charge is 2.08. The lowest BCUT2D eigenvalue weighted by Crippen LogP contribution is -1.88. The third-order valence-electron chi connectivity index (χ3n) is 2.36. The first-order chi connectivity index (χ1) is 10.0. The van der Waals surface area contributed by atoms with Gasteiger partial charge < -0.3 is 0 Å². The van der Waals surface area contributed by atoms with Gasteiger partial charge in [-0.05, 0) is 17.7 Å². The molecule has 0 saturated carbocycles. The fourth-order valence-corrected chi connectivity index (χ4v) is 2.79. The summed E-state index contributed by atoms with van der Waals surface area (Å²) in [7, 11) is 0. The molecule has 0 saturated heterocycles. The largest absolute Gasteiger partial charge is 0.261 e. The zero-order valence-corrected chi connectivity index (χ0v) is 13.2. The van der Waals surface area contributed by atoms with E-state index in [0.717, 1.165) is 6.20 Å². The molecule has 0 N–H and O–H groups in total. The van der Waals surface area contributed by atoms with E-state index in [9.17, 15) is 4.39 Å². The highest BCUT2D eigenvalue weighted by Crippen LogP contribution is 2.36. The fourth-order valence-electron chi connectivity index (χ4n) is 1.48. The third kappa shape index (κ3) is 3.71. The minimum absolute atomic E-state index is 0.194. The van der Waals surface area contributed by atoms with Crippen molar-refractivity contribution in [2.45, 2.75) is 0 Å². The quantitative estimate of drug-likeness (QED) is 0.275. The second kappa shape index (κ2) is 6.87.